The second kappa shape index (κ2) is 6.16. The Morgan fingerprint density at radius 1 is 1.11 bits per heavy atom. The van der Waals surface area contributed by atoms with Gasteiger partial charge in [0.2, 0.25) is 0 Å². The molecule has 0 saturated carbocycles. The molecule has 1 unspecified atom stereocenters. The molecule has 0 saturated heterocycles. The number of benzene rings is 2. The number of carbonyl (C=O) groups excluding carboxylic acids is 1. The molecule has 0 aromatic heterocycles. The van der Waals surface area contributed by atoms with E-state index in [-0.39, 0.29) is 12.0 Å². The van der Waals surface area contributed by atoms with Crippen LogP contribution in [0, 0.1) is 0 Å². The van der Waals surface area contributed by atoms with E-state index in [9.17, 15) is 4.79 Å². The summed E-state index contributed by atoms with van der Waals surface area (Å²) in [6.45, 7) is 1.39. The summed E-state index contributed by atoms with van der Waals surface area (Å²) in [7, 11) is 0. The van der Waals surface area contributed by atoms with Crippen LogP contribution in [0.2, 0.25) is 0 Å². The van der Waals surface area contributed by atoms with Gasteiger partial charge in [0.15, 0.2) is 0 Å². The minimum absolute atomic E-state index is 0.0271. The van der Waals surface area contributed by atoms with Crippen LogP contribution in [0.25, 0.3) is 0 Å². The Kier molecular flexibility index (Phi) is 4.31. The van der Waals surface area contributed by atoms with Crippen LogP contribution in [-0.4, -0.2) is 5.97 Å². The average Bonchev–Trinajstić information content (AvgIpc) is 2.41. The summed E-state index contributed by atoms with van der Waals surface area (Å²) in [5, 5.41) is 0. The number of carbonyl (C=O) groups is 1. The molecular formula is C16H17NO2. The lowest BCUT2D eigenvalue weighted by atomic mass is 10.00. The van der Waals surface area contributed by atoms with E-state index in [1.807, 2.05) is 42.5 Å². The number of nitrogens with two attached hydrogens (primary N) is 1. The van der Waals surface area contributed by atoms with Gasteiger partial charge in [-0.15, -0.1) is 0 Å². The lowest BCUT2D eigenvalue weighted by Gasteiger charge is -2.12. The Balaban J connectivity index is 2.01. The molecule has 3 nitrogen and oxygen atoms in total. The van der Waals surface area contributed by atoms with Crippen LogP contribution in [0.4, 0.5) is 0 Å². The number of esters is 1. The predicted molar refractivity (Wildman–Crippen MR) is 74.8 cm³/mol. The maximum Gasteiger partial charge on any atom is 0.308 e. The second-order valence-electron chi connectivity index (χ2n) is 4.46. The molecule has 0 amide bonds. The third-order valence-corrected chi connectivity index (χ3v) is 2.87. The Labute approximate surface area is 113 Å². The van der Waals surface area contributed by atoms with Crippen molar-refractivity contribution in [2.24, 2.45) is 5.73 Å². The number of hydrogen-bond acceptors (Lipinski definition) is 3. The maximum atomic E-state index is 10.8. The van der Waals surface area contributed by atoms with Crippen molar-refractivity contribution in [2.45, 2.75) is 19.4 Å². The van der Waals surface area contributed by atoms with Gasteiger partial charge in [0.05, 0.1) is 0 Å². The fraction of sp³-hybridized carbons (Fsp3) is 0.188. The van der Waals surface area contributed by atoms with Crippen molar-refractivity contribution < 1.29 is 9.53 Å². The molecule has 0 aliphatic carbocycles. The fourth-order valence-corrected chi connectivity index (χ4v) is 1.93. The summed E-state index contributed by atoms with van der Waals surface area (Å²) < 4.78 is 4.99. The van der Waals surface area contributed by atoms with Gasteiger partial charge < -0.3 is 10.5 Å². The summed E-state index contributed by atoms with van der Waals surface area (Å²) in [5.41, 5.74) is 8.40. The van der Waals surface area contributed by atoms with Gasteiger partial charge in [-0.3, -0.25) is 4.79 Å². The third kappa shape index (κ3) is 3.93. The molecule has 19 heavy (non-hydrogen) atoms. The first-order valence-corrected chi connectivity index (χ1v) is 6.23. The van der Waals surface area contributed by atoms with Crippen molar-refractivity contribution in [2.75, 3.05) is 0 Å². The van der Waals surface area contributed by atoms with Gasteiger partial charge in [0, 0.05) is 13.0 Å². The highest BCUT2D eigenvalue weighted by Gasteiger charge is 2.07. The lowest BCUT2D eigenvalue weighted by molar-refractivity contribution is -0.131. The van der Waals surface area contributed by atoms with Gasteiger partial charge in [-0.1, -0.05) is 42.5 Å². The van der Waals surface area contributed by atoms with Crippen LogP contribution < -0.4 is 10.5 Å². The zero-order valence-electron chi connectivity index (χ0n) is 10.9. The number of hydrogen-bond donors (Lipinski definition) is 1. The monoisotopic (exact) mass is 255 g/mol. The molecule has 2 aromatic rings. The molecule has 0 spiro atoms. The normalized spacial score (nSPS) is 11.9. The van der Waals surface area contributed by atoms with Crippen molar-refractivity contribution in [3.05, 3.63) is 65.7 Å². The molecule has 0 radical (unpaired) electrons. The third-order valence-electron chi connectivity index (χ3n) is 2.87. The van der Waals surface area contributed by atoms with Crippen LogP contribution in [0.15, 0.2) is 54.6 Å². The Morgan fingerprint density at radius 3 is 2.32 bits per heavy atom. The molecule has 0 aliphatic heterocycles. The molecule has 98 valence electrons. The van der Waals surface area contributed by atoms with Gasteiger partial charge >= 0.3 is 5.97 Å². The lowest BCUT2D eigenvalue weighted by Crippen LogP contribution is -2.13. The Bertz CT molecular complexity index is 534. The molecule has 0 fully saturated rings. The molecule has 0 heterocycles. The predicted octanol–water partition coefficient (Wildman–Crippen LogP) is 2.85. The Hall–Kier alpha value is -2.13. The largest absolute Gasteiger partial charge is 0.427 e. The topological polar surface area (TPSA) is 52.3 Å². The first-order chi connectivity index (χ1) is 9.15. The molecule has 0 aliphatic rings. The van der Waals surface area contributed by atoms with E-state index >= 15 is 0 Å². The fourth-order valence-electron chi connectivity index (χ4n) is 1.93. The van der Waals surface area contributed by atoms with Gasteiger partial charge in [-0.2, -0.15) is 0 Å². The standard InChI is InChI=1S/C16H17NO2/c1-12(18)19-15-9-7-13(8-10-15)11-16(17)14-5-3-2-4-6-14/h2-10,16H,11,17H2,1H3. The molecule has 2 rings (SSSR count). The summed E-state index contributed by atoms with van der Waals surface area (Å²) in [5.74, 6) is 0.248. The van der Waals surface area contributed by atoms with E-state index < -0.39 is 0 Å². The van der Waals surface area contributed by atoms with E-state index in [0.717, 1.165) is 17.5 Å². The molecule has 3 heteroatoms. The van der Waals surface area contributed by atoms with Crippen molar-refractivity contribution in [1.82, 2.24) is 0 Å². The molecule has 1 atom stereocenters. The SMILES string of the molecule is CC(=O)Oc1ccc(CC(N)c2ccccc2)cc1. The van der Waals surface area contributed by atoms with Gasteiger partial charge in [-0.05, 0) is 29.7 Å². The second-order valence-corrected chi connectivity index (χ2v) is 4.46. The first kappa shape index (κ1) is 13.3. The van der Waals surface area contributed by atoms with E-state index in [4.69, 9.17) is 10.5 Å². The van der Waals surface area contributed by atoms with Crippen LogP contribution >= 0.6 is 0 Å². The van der Waals surface area contributed by atoms with Crippen LogP contribution in [-0.2, 0) is 11.2 Å². The van der Waals surface area contributed by atoms with Crippen LogP contribution in [0.3, 0.4) is 0 Å². The van der Waals surface area contributed by atoms with E-state index in [1.165, 1.54) is 6.92 Å². The number of ether oxygens (including phenoxy) is 1. The zero-order valence-corrected chi connectivity index (χ0v) is 10.9. The highest BCUT2D eigenvalue weighted by Crippen LogP contribution is 2.18. The summed E-state index contributed by atoms with van der Waals surface area (Å²) >= 11 is 0. The maximum absolute atomic E-state index is 10.8. The zero-order chi connectivity index (χ0) is 13.7. The van der Waals surface area contributed by atoms with Crippen molar-refractivity contribution >= 4 is 5.97 Å². The van der Waals surface area contributed by atoms with Crippen molar-refractivity contribution in [3.63, 3.8) is 0 Å². The van der Waals surface area contributed by atoms with Crippen LogP contribution in [0.1, 0.15) is 24.1 Å². The molecular weight excluding hydrogens is 238 g/mol. The van der Waals surface area contributed by atoms with Gasteiger partial charge in [0.25, 0.3) is 0 Å². The van der Waals surface area contributed by atoms with Crippen molar-refractivity contribution in [3.8, 4) is 5.75 Å². The average molecular weight is 255 g/mol. The minimum Gasteiger partial charge on any atom is -0.427 e. The summed E-state index contributed by atoms with van der Waals surface area (Å²) in [6.07, 6.45) is 0.754. The smallest absolute Gasteiger partial charge is 0.308 e. The molecule has 2 aromatic carbocycles. The molecule has 2 N–H and O–H groups in total. The van der Waals surface area contributed by atoms with Crippen LogP contribution in [0.5, 0.6) is 5.75 Å². The molecule has 0 bridgehead atoms. The Morgan fingerprint density at radius 2 is 1.74 bits per heavy atom. The van der Waals surface area contributed by atoms with Gasteiger partial charge in [0.1, 0.15) is 5.75 Å². The number of rotatable bonds is 4. The summed E-state index contributed by atoms with van der Waals surface area (Å²) in [4.78, 5) is 10.8. The van der Waals surface area contributed by atoms with Gasteiger partial charge in [-0.25, -0.2) is 0 Å². The van der Waals surface area contributed by atoms with E-state index in [2.05, 4.69) is 0 Å². The summed E-state index contributed by atoms with van der Waals surface area (Å²) in [6, 6.07) is 17.4. The van der Waals surface area contributed by atoms with Crippen molar-refractivity contribution in [1.29, 1.82) is 0 Å². The van der Waals surface area contributed by atoms with E-state index in [1.54, 1.807) is 12.1 Å². The highest BCUT2D eigenvalue weighted by molar-refractivity contribution is 5.69. The minimum atomic E-state index is -0.311. The first-order valence-electron chi connectivity index (χ1n) is 6.23. The quantitative estimate of drug-likeness (QED) is 0.675. The highest BCUT2D eigenvalue weighted by atomic mass is 16.5. The van der Waals surface area contributed by atoms with E-state index in [0.29, 0.717) is 5.75 Å².